The predicted octanol–water partition coefficient (Wildman–Crippen LogP) is 2.11. The molecule has 1 aromatic rings. The molecule has 7 nitrogen and oxygen atoms in total. The van der Waals surface area contributed by atoms with Gasteiger partial charge in [0.05, 0.1) is 11.0 Å². The standard InChI is InChI=1S/C19H31N3O4S.ClH/c1-3-22(4-2)27(24,25)18-8-6-16(7-9-18)19(23)21-13-10-17(11-14-21)26-15-5-12-20;/h6-9,17H,3-5,10-15,20H2,1-2H3;1H. The highest BCUT2D eigenvalue weighted by atomic mass is 35.5. The second kappa shape index (κ2) is 11.7. The minimum Gasteiger partial charge on any atom is -0.378 e. The lowest BCUT2D eigenvalue weighted by molar-refractivity contribution is 0.00844. The molecule has 28 heavy (non-hydrogen) atoms. The summed E-state index contributed by atoms with van der Waals surface area (Å²) in [6.07, 6.45) is 2.65. The number of halogens is 1. The second-order valence-corrected chi connectivity index (χ2v) is 8.56. The molecule has 0 atom stereocenters. The number of nitrogens with zero attached hydrogens (tertiary/aromatic N) is 2. The van der Waals surface area contributed by atoms with Gasteiger partial charge in [0.1, 0.15) is 0 Å². The van der Waals surface area contributed by atoms with E-state index in [1.165, 1.54) is 16.4 Å². The van der Waals surface area contributed by atoms with Gasteiger partial charge in [0, 0.05) is 38.3 Å². The first-order valence-corrected chi connectivity index (χ1v) is 11.1. The largest absolute Gasteiger partial charge is 0.378 e. The van der Waals surface area contributed by atoms with Crippen molar-refractivity contribution in [2.45, 2.75) is 44.1 Å². The van der Waals surface area contributed by atoms with E-state index in [0.29, 0.717) is 44.9 Å². The van der Waals surface area contributed by atoms with Crippen LogP contribution in [-0.4, -0.2) is 69.0 Å². The Morgan fingerprint density at radius 2 is 1.75 bits per heavy atom. The van der Waals surface area contributed by atoms with Gasteiger partial charge in [-0.05, 0) is 50.1 Å². The third-order valence-corrected chi connectivity index (χ3v) is 6.94. The van der Waals surface area contributed by atoms with Gasteiger partial charge in [-0.2, -0.15) is 4.31 Å². The van der Waals surface area contributed by atoms with Crippen molar-refractivity contribution < 1.29 is 17.9 Å². The van der Waals surface area contributed by atoms with Gasteiger partial charge in [-0.15, -0.1) is 12.4 Å². The highest BCUT2D eigenvalue weighted by molar-refractivity contribution is 7.89. The molecule has 0 saturated carbocycles. The zero-order valence-corrected chi connectivity index (χ0v) is 18.3. The van der Waals surface area contributed by atoms with E-state index < -0.39 is 10.0 Å². The lowest BCUT2D eigenvalue weighted by Gasteiger charge is -2.32. The van der Waals surface area contributed by atoms with Crippen LogP contribution in [0.15, 0.2) is 29.2 Å². The summed E-state index contributed by atoms with van der Waals surface area (Å²) in [5, 5.41) is 0. The lowest BCUT2D eigenvalue weighted by atomic mass is 10.1. The normalized spacial score (nSPS) is 15.5. The number of benzene rings is 1. The molecule has 0 spiro atoms. The van der Waals surface area contributed by atoms with Gasteiger partial charge < -0.3 is 15.4 Å². The van der Waals surface area contributed by atoms with Gasteiger partial charge in [0.15, 0.2) is 0 Å². The summed E-state index contributed by atoms with van der Waals surface area (Å²) in [4.78, 5) is 14.7. The molecule has 0 unspecified atom stereocenters. The van der Waals surface area contributed by atoms with E-state index in [1.807, 2.05) is 13.8 Å². The fourth-order valence-corrected chi connectivity index (χ4v) is 4.68. The molecule has 2 rings (SSSR count). The van der Waals surface area contributed by atoms with Crippen LogP contribution >= 0.6 is 12.4 Å². The van der Waals surface area contributed by atoms with Crippen molar-refractivity contribution in [2.24, 2.45) is 5.73 Å². The smallest absolute Gasteiger partial charge is 0.253 e. The molecule has 2 N–H and O–H groups in total. The van der Waals surface area contributed by atoms with E-state index >= 15 is 0 Å². The van der Waals surface area contributed by atoms with Crippen LogP contribution in [0, 0.1) is 0 Å². The van der Waals surface area contributed by atoms with Crippen LogP contribution in [0.5, 0.6) is 0 Å². The molecule has 1 fully saturated rings. The van der Waals surface area contributed by atoms with Crippen molar-refractivity contribution >= 4 is 28.3 Å². The minimum atomic E-state index is -3.50. The number of carbonyl (C=O) groups excluding carboxylic acids is 1. The Bertz CT molecular complexity index is 700. The molecule has 1 heterocycles. The Kier molecular flexibility index (Phi) is 10.4. The molecular weight excluding hydrogens is 402 g/mol. The maximum absolute atomic E-state index is 12.7. The third-order valence-electron chi connectivity index (χ3n) is 4.88. The lowest BCUT2D eigenvalue weighted by Crippen LogP contribution is -2.41. The summed E-state index contributed by atoms with van der Waals surface area (Å²) in [5.74, 6) is -0.0674. The number of sulfonamides is 1. The van der Waals surface area contributed by atoms with E-state index in [0.717, 1.165) is 19.3 Å². The zero-order valence-electron chi connectivity index (χ0n) is 16.7. The Hall–Kier alpha value is -1.19. The van der Waals surface area contributed by atoms with Crippen LogP contribution in [0.25, 0.3) is 0 Å². The van der Waals surface area contributed by atoms with E-state index in [-0.39, 0.29) is 29.3 Å². The Morgan fingerprint density at radius 3 is 2.25 bits per heavy atom. The fraction of sp³-hybridized carbons (Fsp3) is 0.632. The molecule has 0 aromatic heterocycles. The summed E-state index contributed by atoms with van der Waals surface area (Å²) < 4.78 is 32.2. The van der Waals surface area contributed by atoms with Gasteiger partial charge in [0.25, 0.3) is 5.91 Å². The topological polar surface area (TPSA) is 92.9 Å². The highest BCUT2D eigenvalue weighted by Gasteiger charge is 2.25. The van der Waals surface area contributed by atoms with Gasteiger partial charge in [-0.3, -0.25) is 4.79 Å². The molecule has 0 radical (unpaired) electrons. The summed E-state index contributed by atoms with van der Waals surface area (Å²) in [6, 6.07) is 6.23. The number of rotatable bonds is 9. The third kappa shape index (κ3) is 6.15. The number of amides is 1. The first-order valence-electron chi connectivity index (χ1n) is 9.65. The van der Waals surface area contributed by atoms with Crippen LogP contribution in [0.2, 0.25) is 0 Å². The van der Waals surface area contributed by atoms with Crippen LogP contribution in [0.4, 0.5) is 0 Å². The Labute approximate surface area is 174 Å². The number of nitrogens with two attached hydrogens (primary N) is 1. The quantitative estimate of drug-likeness (QED) is 0.602. The number of piperidine rings is 1. The molecule has 1 amide bonds. The molecule has 9 heteroatoms. The molecular formula is C19H32ClN3O4S. The van der Waals surface area contributed by atoms with Crippen molar-refractivity contribution in [3.63, 3.8) is 0 Å². The van der Waals surface area contributed by atoms with E-state index in [2.05, 4.69) is 0 Å². The van der Waals surface area contributed by atoms with Crippen molar-refractivity contribution in [3.05, 3.63) is 29.8 Å². The van der Waals surface area contributed by atoms with E-state index in [4.69, 9.17) is 10.5 Å². The number of ether oxygens (including phenoxy) is 1. The maximum atomic E-state index is 12.7. The van der Waals surface area contributed by atoms with Gasteiger partial charge in [0.2, 0.25) is 10.0 Å². The molecule has 1 aliphatic heterocycles. The van der Waals surface area contributed by atoms with Crippen LogP contribution in [0.1, 0.15) is 43.5 Å². The van der Waals surface area contributed by atoms with Gasteiger partial charge in [-0.1, -0.05) is 13.8 Å². The average Bonchev–Trinajstić information content (AvgIpc) is 2.69. The van der Waals surface area contributed by atoms with Gasteiger partial charge in [-0.25, -0.2) is 8.42 Å². The second-order valence-electron chi connectivity index (χ2n) is 6.62. The highest BCUT2D eigenvalue weighted by Crippen LogP contribution is 2.19. The fourth-order valence-electron chi connectivity index (χ4n) is 3.22. The molecule has 0 bridgehead atoms. The van der Waals surface area contributed by atoms with Crippen LogP contribution in [-0.2, 0) is 14.8 Å². The minimum absolute atomic E-state index is 0. The number of hydrogen-bond donors (Lipinski definition) is 1. The SMILES string of the molecule is CCN(CC)S(=O)(=O)c1ccc(C(=O)N2CCC(OCCCN)CC2)cc1.Cl. The van der Waals surface area contributed by atoms with Crippen molar-refractivity contribution in [2.75, 3.05) is 39.3 Å². The molecule has 1 aromatic carbocycles. The summed E-state index contributed by atoms with van der Waals surface area (Å²) in [6.45, 7) is 7.03. The predicted molar refractivity (Wildman–Crippen MR) is 112 cm³/mol. The van der Waals surface area contributed by atoms with E-state index in [9.17, 15) is 13.2 Å². The molecule has 160 valence electrons. The summed E-state index contributed by atoms with van der Waals surface area (Å²) in [7, 11) is -3.50. The van der Waals surface area contributed by atoms with Crippen LogP contribution in [0.3, 0.4) is 0 Å². The zero-order chi connectivity index (χ0) is 19.9. The Morgan fingerprint density at radius 1 is 1.18 bits per heavy atom. The number of hydrogen-bond acceptors (Lipinski definition) is 5. The van der Waals surface area contributed by atoms with Gasteiger partial charge >= 0.3 is 0 Å². The van der Waals surface area contributed by atoms with Crippen molar-refractivity contribution in [1.82, 2.24) is 9.21 Å². The summed E-state index contributed by atoms with van der Waals surface area (Å²) >= 11 is 0. The first kappa shape index (κ1) is 24.8. The molecule has 1 aliphatic rings. The average molecular weight is 434 g/mol. The summed E-state index contributed by atoms with van der Waals surface area (Å²) in [5.41, 5.74) is 5.98. The molecule has 0 aliphatic carbocycles. The number of likely N-dealkylation sites (tertiary alicyclic amines) is 1. The van der Waals surface area contributed by atoms with Crippen molar-refractivity contribution in [3.8, 4) is 0 Å². The number of carbonyl (C=O) groups is 1. The van der Waals surface area contributed by atoms with Crippen LogP contribution < -0.4 is 5.73 Å². The Balaban J connectivity index is 0.00000392. The van der Waals surface area contributed by atoms with Crippen molar-refractivity contribution in [1.29, 1.82) is 0 Å². The molecule has 1 saturated heterocycles. The maximum Gasteiger partial charge on any atom is 0.253 e. The first-order chi connectivity index (χ1) is 12.9. The monoisotopic (exact) mass is 433 g/mol. The van der Waals surface area contributed by atoms with E-state index in [1.54, 1.807) is 17.0 Å².